The van der Waals surface area contributed by atoms with E-state index in [1.807, 2.05) is 53.4 Å². The lowest BCUT2D eigenvalue weighted by atomic mass is 10.0. The van der Waals surface area contributed by atoms with Crippen LogP contribution in [0.1, 0.15) is 30.4 Å². The Kier molecular flexibility index (Phi) is 5.37. The Bertz CT molecular complexity index is 863. The molecule has 1 heterocycles. The lowest BCUT2D eigenvalue weighted by Gasteiger charge is -2.25. The van der Waals surface area contributed by atoms with Crippen LogP contribution in [0.3, 0.4) is 0 Å². The summed E-state index contributed by atoms with van der Waals surface area (Å²) in [4.78, 5) is 20.3. The van der Waals surface area contributed by atoms with Crippen molar-refractivity contribution in [3.63, 3.8) is 0 Å². The van der Waals surface area contributed by atoms with Crippen molar-refractivity contribution >= 4 is 34.8 Å². The largest absolute Gasteiger partial charge is 0.390 e. The Morgan fingerprint density at radius 1 is 1.11 bits per heavy atom. The smallest absolute Gasteiger partial charge is 0.226 e. The zero-order valence-electron chi connectivity index (χ0n) is 14.8. The van der Waals surface area contributed by atoms with E-state index in [1.165, 1.54) is 0 Å². The molecule has 1 saturated carbocycles. The van der Waals surface area contributed by atoms with Gasteiger partial charge in [0.1, 0.15) is 0 Å². The maximum Gasteiger partial charge on any atom is 0.226 e. The van der Waals surface area contributed by atoms with Crippen LogP contribution in [0.2, 0.25) is 10.0 Å². The fourth-order valence-corrected chi connectivity index (χ4v) is 3.60. The lowest BCUT2D eigenvalue weighted by Crippen LogP contribution is -2.38. The normalized spacial score (nSPS) is 18.7. The van der Waals surface area contributed by atoms with Crippen LogP contribution < -0.4 is 0 Å². The van der Waals surface area contributed by atoms with Gasteiger partial charge < -0.3 is 9.74 Å². The Morgan fingerprint density at radius 2 is 1.89 bits per heavy atom. The second kappa shape index (κ2) is 7.91. The van der Waals surface area contributed by atoms with Gasteiger partial charge in [0, 0.05) is 28.9 Å². The molecule has 0 aromatic heterocycles. The number of benzene rings is 2. The third-order valence-corrected chi connectivity index (χ3v) is 5.32. The number of nitrogens with zero attached hydrogens (tertiary/aromatic N) is 2. The lowest BCUT2D eigenvalue weighted by molar-refractivity contribution is -0.135. The van der Waals surface area contributed by atoms with E-state index in [-0.39, 0.29) is 17.9 Å². The molecule has 2 aliphatic rings. The molecule has 1 aliphatic heterocycles. The molecule has 140 valence electrons. The van der Waals surface area contributed by atoms with Crippen molar-refractivity contribution in [2.45, 2.75) is 31.9 Å². The zero-order chi connectivity index (χ0) is 18.8. The predicted octanol–water partition coefficient (Wildman–Crippen LogP) is 4.93. The summed E-state index contributed by atoms with van der Waals surface area (Å²) in [5.41, 5.74) is 2.91. The minimum atomic E-state index is -0.141. The molecule has 0 radical (unpaired) electrons. The van der Waals surface area contributed by atoms with Crippen LogP contribution in [-0.4, -0.2) is 29.2 Å². The summed E-state index contributed by atoms with van der Waals surface area (Å²) in [6.07, 6.45) is 2.48. The van der Waals surface area contributed by atoms with E-state index in [1.54, 1.807) is 0 Å². The molecule has 6 heteroatoms. The summed E-state index contributed by atoms with van der Waals surface area (Å²) in [5.74, 6) is 0.348. The van der Waals surface area contributed by atoms with E-state index in [0.29, 0.717) is 29.6 Å². The fraction of sp³-hybridized carbons (Fsp3) is 0.333. The quantitative estimate of drug-likeness (QED) is 0.687. The molecule has 1 aliphatic carbocycles. The maximum atomic E-state index is 12.8. The molecule has 1 atom stereocenters. The van der Waals surface area contributed by atoms with E-state index >= 15 is 0 Å². The molecule has 0 saturated heterocycles. The van der Waals surface area contributed by atoms with Crippen molar-refractivity contribution in [1.29, 1.82) is 0 Å². The summed E-state index contributed by atoms with van der Waals surface area (Å²) in [6.45, 7) is 1.05. The van der Waals surface area contributed by atoms with Crippen molar-refractivity contribution in [2.75, 3.05) is 6.54 Å². The fourth-order valence-electron chi connectivity index (χ4n) is 3.26. The highest BCUT2D eigenvalue weighted by atomic mass is 35.5. The van der Waals surface area contributed by atoms with Crippen LogP contribution in [0.15, 0.2) is 53.7 Å². The Balaban J connectivity index is 1.43. The molecule has 27 heavy (non-hydrogen) atoms. The van der Waals surface area contributed by atoms with E-state index in [9.17, 15) is 4.79 Å². The molecular formula is C21H20Cl2N2O2. The second-order valence-corrected chi connectivity index (χ2v) is 7.97. The van der Waals surface area contributed by atoms with Crippen molar-refractivity contribution in [1.82, 2.24) is 4.90 Å². The van der Waals surface area contributed by atoms with Gasteiger partial charge in [-0.25, -0.2) is 0 Å². The minimum Gasteiger partial charge on any atom is -0.390 e. The van der Waals surface area contributed by atoms with Gasteiger partial charge in [-0.15, -0.1) is 0 Å². The van der Waals surface area contributed by atoms with Gasteiger partial charge in [-0.2, -0.15) is 0 Å². The van der Waals surface area contributed by atoms with Crippen LogP contribution in [0.4, 0.5) is 0 Å². The van der Waals surface area contributed by atoms with Gasteiger partial charge in [0.25, 0.3) is 0 Å². The number of carbonyl (C=O) groups is 1. The average molecular weight is 403 g/mol. The third kappa shape index (κ3) is 4.63. The van der Waals surface area contributed by atoms with Crippen molar-refractivity contribution < 1.29 is 9.63 Å². The van der Waals surface area contributed by atoms with Crippen LogP contribution >= 0.6 is 23.2 Å². The number of hydrogen-bond donors (Lipinski definition) is 0. The van der Waals surface area contributed by atoms with Crippen LogP contribution in [-0.2, 0) is 16.2 Å². The molecule has 1 fully saturated rings. The van der Waals surface area contributed by atoms with E-state index in [0.717, 1.165) is 29.7 Å². The molecule has 4 nitrogen and oxygen atoms in total. The van der Waals surface area contributed by atoms with Crippen molar-refractivity contribution in [3.8, 4) is 0 Å². The van der Waals surface area contributed by atoms with Crippen LogP contribution in [0.25, 0.3) is 0 Å². The summed E-state index contributed by atoms with van der Waals surface area (Å²) in [6, 6.07) is 15.2. The predicted molar refractivity (Wildman–Crippen MR) is 107 cm³/mol. The molecule has 4 rings (SSSR count). The molecule has 0 bridgehead atoms. The van der Waals surface area contributed by atoms with Crippen LogP contribution in [0.5, 0.6) is 0 Å². The highest BCUT2D eigenvalue weighted by molar-refractivity contribution is 6.31. The molecule has 2 aromatic carbocycles. The second-order valence-electron chi connectivity index (χ2n) is 7.10. The SMILES string of the molecule is O=C(C1CC1)N(Cc1cccc(Cl)c1)C[C@@H]1CC(c2ccc(Cl)cc2)=NO1. The van der Waals surface area contributed by atoms with E-state index in [4.69, 9.17) is 28.0 Å². The van der Waals surface area contributed by atoms with Gasteiger partial charge in [0.2, 0.25) is 5.91 Å². The van der Waals surface area contributed by atoms with E-state index < -0.39 is 0 Å². The Labute approximate surface area is 168 Å². The molecule has 1 amide bonds. The maximum absolute atomic E-state index is 12.8. The average Bonchev–Trinajstić information content (AvgIpc) is 3.40. The Morgan fingerprint density at radius 3 is 2.59 bits per heavy atom. The number of rotatable bonds is 6. The van der Waals surface area contributed by atoms with Crippen LogP contribution in [0, 0.1) is 5.92 Å². The van der Waals surface area contributed by atoms with E-state index in [2.05, 4.69) is 5.16 Å². The molecular weight excluding hydrogens is 383 g/mol. The molecule has 0 N–H and O–H groups in total. The first-order chi connectivity index (χ1) is 13.1. The van der Waals surface area contributed by atoms with Gasteiger partial charge >= 0.3 is 0 Å². The third-order valence-electron chi connectivity index (χ3n) is 4.84. The zero-order valence-corrected chi connectivity index (χ0v) is 16.3. The topological polar surface area (TPSA) is 41.9 Å². The summed E-state index contributed by atoms with van der Waals surface area (Å²) < 4.78 is 0. The summed E-state index contributed by atoms with van der Waals surface area (Å²) in [5, 5.41) is 5.60. The van der Waals surface area contributed by atoms with Crippen molar-refractivity contribution in [2.24, 2.45) is 11.1 Å². The number of halogens is 2. The molecule has 0 spiro atoms. The number of oxime groups is 1. The molecule has 2 aromatic rings. The van der Waals surface area contributed by atoms with Crippen molar-refractivity contribution in [3.05, 3.63) is 69.7 Å². The summed E-state index contributed by atoms with van der Waals surface area (Å²) in [7, 11) is 0. The van der Waals surface area contributed by atoms with Gasteiger partial charge in [-0.1, -0.05) is 52.6 Å². The minimum absolute atomic E-state index is 0.141. The van der Waals surface area contributed by atoms with Gasteiger partial charge in [-0.3, -0.25) is 4.79 Å². The molecule has 0 unspecified atom stereocenters. The monoisotopic (exact) mass is 402 g/mol. The number of amides is 1. The standard InChI is InChI=1S/C21H20Cl2N2O2/c22-17-8-6-15(7-9-17)20-11-19(27-24-20)13-25(21(26)16-4-5-16)12-14-2-1-3-18(23)10-14/h1-3,6-10,16,19H,4-5,11-13H2/t19-/m0/s1. The number of carbonyl (C=O) groups excluding carboxylic acids is 1. The first-order valence-corrected chi connectivity index (χ1v) is 9.86. The number of hydrogen-bond acceptors (Lipinski definition) is 3. The van der Waals surface area contributed by atoms with Gasteiger partial charge in [0.15, 0.2) is 6.10 Å². The first-order valence-electron chi connectivity index (χ1n) is 9.10. The Hall–Kier alpha value is -2.04. The van der Waals surface area contributed by atoms with Gasteiger partial charge in [-0.05, 0) is 48.2 Å². The van der Waals surface area contributed by atoms with Gasteiger partial charge in [0.05, 0.1) is 12.3 Å². The first kappa shape index (κ1) is 18.3. The summed E-state index contributed by atoms with van der Waals surface area (Å²) >= 11 is 12.0. The highest BCUT2D eigenvalue weighted by Gasteiger charge is 2.35. The highest BCUT2D eigenvalue weighted by Crippen LogP contribution is 2.32.